The van der Waals surface area contributed by atoms with Crippen LogP contribution in [0.3, 0.4) is 0 Å². The fraction of sp³-hybridized carbons (Fsp3) is 0.500. The molecule has 0 unspecified atom stereocenters. The van der Waals surface area contributed by atoms with Crippen molar-refractivity contribution in [3.63, 3.8) is 0 Å². The molecule has 4 saturated carbocycles. The smallest absolute Gasteiger partial charge is 0.239 e. The third-order valence-electron chi connectivity index (χ3n) is 7.24. The first-order valence-corrected chi connectivity index (χ1v) is 11.7. The maximum Gasteiger partial charge on any atom is 0.239 e. The molecule has 0 radical (unpaired) electrons. The van der Waals surface area contributed by atoms with Gasteiger partial charge in [-0.05, 0) is 80.5 Å². The molecule has 4 aliphatic rings. The zero-order chi connectivity index (χ0) is 21.1. The molecule has 0 aromatic heterocycles. The Morgan fingerprint density at radius 2 is 1.48 bits per heavy atom. The van der Waals surface area contributed by atoms with Crippen LogP contribution >= 0.6 is 0 Å². The molecule has 1 amide bonds. The van der Waals surface area contributed by atoms with Crippen molar-refractivity contribution in [2.24, 2.45) is 17.8 Å². The van der Waals surface area contributed by atoms with Crippen molar-refractivity contribution < 1.29 is 9.53 Å². The maximum atomic E-state index is 12.3. The SMILES string of the molecule is O=C(CNc1ccccc1NC12CC3CC(CC(C3)C1)C2)NCCOc1ccccc1. The molecule has 0 heterocycles. The minimum absolute atomic E-state index is 0.0266. The number of benzene rings is 2. The van der Waals surface area contributed by atoms with E-state index in [0.717, 1.165) is 34.9 Å². The first-order chi connectivity index (χ1) is 15.2. The highest BCUT2D eigenvalue weighted by Crippen LogP contribution is 2.56. The Morgan fingerprint density at radius 3 is 2.16 bits per heavy atom. The van der Waals surface area contributed by atoms with Crippen molar-refractivity contribution in [3.05, 3.63) is 54.6 Å². The molecule has 0 saturated heterocycles. The highest BCUT2D eigenvalue weighted by molar-refractivity contribution is 5.82. The lowest BCUT2D eigenvalue weighted by Gasteiger charge is -2.57. The highest BCUT2D eigenvalue weighted by Gasteiger charge is 2.51. The van der Waals surface area contributed by atoms with E-state index in [2.05, 4.69) is 34.1 Å². The van der Waals surface area contributed by atoms with Crippen LogP contribution in [-0.2, 0) is 4.79 Å². The van der Waals surface area contributed by atoms with Crippen LogP contribution in [0.25, 0.3) is 0 Å². The molecule has 3 N–H and O–H groups in total. The van der Waals surface area contributed by atoms with Gasteiger partial charge in [0.2, 0.25) is 5.91 Å². The van der Waals surface area contributed by atoms with Crippen molar-refractivity contribution >= 4 is 17.3 Å². The second-order valence-electron chi connectivity index (χ2n) is 9.73. The number of nitrogens with one attached hydrogen (secondary N) is 3. The predicted octanol–water partition coefficient (Wildman–Crippen LogP) is 4.67. The van der Waals surface area contributed by atoms with Gasteiger partial charge in [0.25, 0.3) is 0 Å². The topological polar surface area (TPSA) is 62.4 Å². The van der Waals surface area contributed by atoms with E-state index in [9.17, 15) is 4.79 Å². The van der Waals surface area contributed by atoms with Crippen molar-refractivity contribution in [3.8, 4) is 5.75 Å². The van der Waals surface area contributed by atoms with Gasteiger partial charge in [-0.2, -0.15) is 0 Å². The molecule has 164 valence electrons. The van der Waals surface area contributed by atoms with E-state index >= 15 is 0 Å². The molecule has 0 atom stereocenters. The van der Waals surface area contributed by atoms with Gasteiger partial charge in [0.05, 0.1) is 24.5 Å². The van der Waals surface area contributed by atoms with Gasteiger partial charge in [0, 0.05) is 5.54 Å². The number of carbonyl (C=O) groups excluding carboxylic acids is 1. The Bertz CT molecular complexity index is 863. The lowest BCUT2D eigenvalue weighted by molar-refractivity contribution is -0.119. The molecule has 5 nitrogen and oxygen atoms in total. The third-order valence-corrected chi connectivity index (χ3v) is 7.24. The van der Waals surface area contributed by atoms with Crippen LogP contribution in [-0.4, -0.2) is 31.1 Å². The van der Waals surface area contributed by atoms with Crippen molar-refractivity contribution in [2.45, 2.75) is 44.1 Å². The number of ether oxygens (including phenoxy) is 1. The summed E-state index contributed by atoms with van der Waals surface area (Å²) in [5.74, 6) is 3.51. The molecule has 2 aromatic carbocycles. The Labute approximate surface area is 185 Å². The second kappa shape index (κ2) is 8.81. The number of hydrogen-bond acceptors (Lipinski definition) is 4. The molecule has 31 heavy (non-hydrogen) atoms. The predicted molar refractivity (Wildman–Crippen MR) is 124 cm³/mol. The number of carbonyl (C=O) groups is 1. The Balaban J connectivity index is 1.12. The van der Waals surface area contributed by atoms with Gasteiger partial charge in [0.1, 0.15) is 12.4 Å². The average Bonchev–Trinajstić information content (AvgIpc) is 2.76. The molecule has 4 fully saturated rings. The summed E-state index contributed by atoms with van der Waals surface area (Å²) in [4.78, 5) is 12.3. The molecule has 0 spiro atoms. The summed E-state index contributed by atoms with van der Waals surface area (Å²) in [6.45, 7) is 1.20. The highest BCUT2D eigenvalue weighted by atomic mass is 16.5. The van der Waals surface area contributed by atoms with Crippen LogP contribution in [0.15, 0.2) is 54.6 Å². The van der Waals surface area contributed by atoms with Gasteiger partial charge in [-0.25, -0.2) is 0 Å². The normalized spacial score (nSPS) is 28.2. The fourth-order valence-electron chi connectivity index (χ4n) is 6.41. The Kier molecular flexibility index (Phi) is 5.75. The molecule has 5 heteroatoms. The summed E-state index contributed by atoms with van der Waals surface area (Å²) in [6, 6.07) is 18.0. The number of anilines is 2. The van der Waals surface area contributed by atoms with Gasteiger partial charge >= 0.3 is 0 Å². The van der Waals surface area contributed by atoms with E-state index < -0.39 is 0 Å². The molecule has 6 rings (SSSR count). The van der Waals surface area contributed by atoms with Crippen molar-refractivity contribution in [2.75, 3.05) is 30.3 Å². The minimum Gasteiger partial charge on any atom is -0.492 e. The zero-order valence-electron chi connectivity index (χ0n) is 18.1. The van der Waals surface area contributed by atoms with Gasteiger partial charge in [-0.15, -0.1) is 0 Å². The summed E-state index contributed by atoms with van der Waals surface area (Å²) < 4.78 is 5.63. The van der Waals surface area contributed by atoms with Crippen LogP contribution in [0.5, 0.6) is 5.75 Å². The largest absolute Gasteiger partial charge is 0.492 e. The molecule has 4 aliphatic carbocycles. The lowest BCUT2D eigenvalue weighted by Crippen LogP contribution is -2.54. The number of rotatable bonds is 9. The molecular formula is C26H33N3O2. The fourth-order valence-corrected chi connectivity index (χ4v) is 6.41. The first-order valence-electron chi connectivity index (χ1n) is 11.7. The molecule has 2 aromatic rings. The Hall–Kier alpha value is -2.69. The summed E-state index contributed by atoms with van der Waals surface area (Å²) in [6.07, 6.45) is 8.22. The number of para-hydroxylation sites is 3. The van der Waals surface area contributed by atoms with Crippen LogP contribution in [0, 0.1) is 17.8 Å². The molecule has 0 aliphatic heterocycles. The van der Waals surface area contributed by atoms with E-state index in [-0.39, 0.29) is 18.0 Å². The van der Waals surface area contributed by atoms with Crippen LogP contribution in [0.4, 0.5) is 11.4 Å². The van der Waals surface area contributed by atoms with Gasteiger partial charge in [-0.3, -0.25) is 4.79 Å². The van der Waals surface area contributed by atoms with E-state index in [4.69, 9.17) is 4.74 Å². The quantitative estimate of drug-likeness (QED) is 0.517. The standard InChI is InChI=1S/C26H33N3O2/c30-25(27-10-11-31-22-6-2-1-3-7-22)18-28-23-8-4-5-9-24(23)29-26-15-19-12-20(16-26)14-21(13-19)17-26/h1-9,19-21,28-29H,10-18H2,(H,27,30). The van der Waals surface area contributed by atoms with Crippen LogP contribution in [0.1, 0.15) is 38.5 Å². The minimum atomic E-state index is -0.0266. The first kappa shape index (κ1) is 20.2. The lowest BCUT2D eigenvalue weighted by atomic mass is 9.53. The maximum absolute atomic E-state index is 12.3. The van der Waals surface area contributed by atoms with E-state index in [1.54, 1.807) is 0 Å². The van der Waals surface area contributed by atoms with E-state index in [1.165, 1.54) is 38.5 Å². The monoisotopic (exact) mass is 419 g/mol. The summed E-state index contributed by atoms with van der Waals surface area (Å²) in [5, 5.41) is 10.2. The van der Waals surface area contributed by atoms with Crippen LogP contribution < -0.4 is 20.7 Å². The average molecular weight is 420 g/mol. The van der Waals surface area contributed by atoms with Crippen molar-refractivity contribution in [1.82, 2.24) is 5.32 Å². The summed E-state index contributed by atoms with van der Waals surface area (Å²) in [5.41, 5.74) is 2.39. The van der Waals surface area contributed by atoms with Gasteiger partial charge < -0.3 is 20.7 Å². The molecular weight excluding hydrogens is 386 g/mol. The van der Waals surface area contributed by atoms with Gasteiger partial charge in [-0.1, -0.05) is 30.3 Å². The van der Waals surface area contributed by atoms with Crippen LogP contribution in [0.2, 0.25) is 0 Å². The van der Waals surface area contributed by atoms with Gasteiger partial charge in [0.15, 0.2) is 0 Å². The summed E-state index contributed by atoms with van der Waals surface area (Å²) in [7, 11) is 0. The second-order valence-corrected chi connectivity index (χ2v) is 9.73. The van der Waals surface area contributed by atoms with Crippen molar-refractivity contribution in [1.29, 1.82) is 0 Å². The van der Waals surface area contributed by atoms with E-state index in [1.807, 2.05) is 36.4 Å². The Morgan fingerprint density at radius 1 is 0.871 bits per heavy atom. The third kappa shape index (κ3) is 4.81. The van der Waals surface area contributed by atoms with E-state index in [0.29, 0.717) is 13.2 Å². The number of hydrogen-bond donors (Lipinski definition) is 3. The molecule has 4 bridgehead atoms. The zero-order valence-corrected chi connectivity index (χ0v) is 18.1. The number of amides is 1. The summed E-state index contributed by atoms with van der Waals surface area (Å²) >= 11 is 0.